The van der Waals surface area contributed by atoms with Gasteiger partial charge in [-0.3, -0.25) is 4.79 Å². The van der Waals surface area contributed by atoms with Crippen molar-refractivity contribution in [1.29, 1.82) is 5.26 Å². The number of nitrogens with one attached hydrogen (secondary N) is 1. The summed E-state index contributed by atoms with van der Waals surface area (Å²) in [5, 5.41) is 11.6. The highest BCUT2D eigenvalue weighted by molar-refractivity contribution is 7.13. The van der Waals surface area contributed by atoms with Gasteiger partial charge in [0.2, 0.25) is 0 Å². The lowest BCUT2D eigenvalue weighted by atomic mass is 9.78. The van der Waals surface area contributed by atoms with E-state index in [0.29, 0.717) is 5.56 Å². The maximum Gasteiger partial charge on any atom is 0.266 e. The summed E-state index contributed by atoms with van der Waals surface area (Å²) in [5.41, 5.74) is 4.46. The third kappa shape index (κ3) is 3.95. The number of nitriles is 1. The number of hydrogen-bond donors (Lipinski definition) is 1. The second-order valence-corrected chi connectivity index (χ2v) is 10.1. The molecular weight excluding hydrogens is 364 g/mol. The third-order valence-electron chi connectivity index (χ3n) is 4.91. The van der Waals surface area contributed by atoms with Crippen LogP contribution < -0.4 is 5.56 Å². The first-order valence-corrected chi connectivity index (χ1v) is 10.3. The molecule has 0 atom stereocenters. The molecule has 2 aromatic heterocycles. The fourth-order valence-corrected chi connectivity index (χ4v) is 3.81. The first-order chi connectivity index (χ1) is 13.0. The monoisotopic (exact) mass is 390 g/mol. The molecule has 0 aliphatic carbocycles. The van der Waals surface area contributed by atoms with Gasteiger partial charge in [-0.15, -0.1) is 11.3 Å². The molecule has 4 heteroatoms. The molecule has 28 heavy (non-hydrogen) atoms. The fourth-order valence-electron chi connectivity index (χ4n) is 3.11. The molecule has 1 N–H and O–H groups in total. The number of pyridine rings is 1. The first kappa shape index (κ1) is 20.1. The van der Waals surface area contributed by atoms with Gasteiger partial charge in [0.1, 0.15) is 11.6 Å². The van der Waals surface area contributed by atoms with Crippen molar-refractivity contribution in [2.45, 2.75) is 52.4 Å². The van der Waals surface area contributed by atoms with E-state index >= 15 is 0 Å². The summed E-state index contributed by atoms with van der Waals surface area (Å²) in [6.45, 7) is 13.1. The van der Waals surface area contributed by atoms with Crippen molar-refractivity contribution in [2.75, 3.05) is 0 Å². The van der Waals surface area contributed by atoms with Crippen molar-refractivity contribution < 1.29 is 0 Å². The molecule has 1 aromatic carbocycles. The maximum atomic E-state index is 12.7. The van der Waals surface area contributed by atoms with Gasteiger partial charge >= 0.3 is 0 Å². The lowest BCUT2D eigenvalue weighted by Crippen LogP contribution is -2.17. The molecule has 3 nitrogen and oxygen atoms in total. The molecule has 0 saturated carbocycles. The van der Waals surface area contributed by atoms with E-state index in [0.717, 1.165) is 16.1 Å². The van der Waals surface area contributed by atoms with Crippen molar-refractivity contribution in [3.05, 3.63) is 68.8 Å². The maximum absolute atomic E-state index is 12.7. The van der Waals surface area contributed by atoms with Gasteiger partial charge in [-0.25, -0.2) is 0 Å². The Kier molecular flexibility index (Phi) is 5.08. The summed E-state index contributed by atoms with van der Waals surface area (Å²) in [5.74, 6) is 0. The summed E-state index contributed by atoms with van der Waals surface area (Å²) in [6, 6.07) is 14.4. The van der Waals surface area contributed by atoms with E-state index < -0.39 is 0 Å². The van der Waals surface area contributed by atoms with Gasteiger partial charge in [-0.1, -0.05) is 65.8 Å². The molecule has 3 rings (SSSR count). The average molecular weight is 391 g/mol. The third-order valence-corrected chi connectivity index (χ3v) is 5.81. The Morgan fingerprint density at radius 2 is 1.57 bits per heavy atom. The molecule has 0 radical (unpaired) electrons. The number of rotatable bonds is 2. The second kappa shape index (κ2) is 7.07. The summed E-state index contributed by atoms with van der Waals surface area (Å²) >= 11 is 1.56. The minimum Gasteiger partial charge on any atom is -0.320 e. The normalized spacial score (nSPS) is 12.0. The van der Waals surface area contributed by atoms with Crippen LogP contribution in [0.5, 0.6) is 0 Å². The molecule has 0 amide bonds. The zero-order valence-corrected chi connectivity index (χ0v) is 18.1. The number of aromatic amines is 1. The summed E-state index contributed by atoms with van der Waals surface area (Å²) < 4.78 is 0. The van der Waals surface area contributed by atoms with Gasteiger partial charge in [-0.2, -0.15) is 5.26 Å². The van der Waals surface area contributed by atoms with Gasteiger partial charge in [0.25, 0.3) is 5.56 Å². The van der Waals surface area contributed by atoms with Gasteiger partial charge in [0.05, 0.1) is 10.6 Å². The zero-order chi connectivity index (χ0) is 20.7. The van der Waals surface area contributed by atoms with Crippen LogP contribution in [0.4, 0.5) is 0 Å². The second-order valence-electron chi connectivity index (χ2n) is 9.19. The Hall–Kier alpha value is -2.64. The van der Waals surface area contributed by atoms with E-state index in [4.69, 9.17) is 0 Å². The molecule has 3 aromatic rings. The largest absolute Gasteiger partial charge is 0.320 e. The zero-order valence-electron chi connectivity index (χ0n) is 17.3. The quantitative estimate of drug-likeness (QED) is 0.563. The summed E-state index contributed by atoms with van der Waals surface area (Å²) in [7, 11) is 0. The Bertz CT molecular complexity index is 1070. The number of nitrogens with zero attached hydrogens (tertiary/aromatic N) is 1. The van der Waals surface area contributed by atoms with Gasteiger partial charge in [-0.05, 0) is 45.0 Å². The number of hydrogen-bond acceptors (Lipinski definition) is 3. The van der Waals surface area contributed by atoms with Gasteiger partial charge < -0.3 is 4.98 Å². The van der Waals surface area contributed by atoms with Crippen LogP contribution in [0, 0.1) is 11.3 Å². The van der Waals surface area contributed by atoms with Crippen LogP contribution in [0.2, 0.25) is 0 Å². The van der Waals surface area contributed by atoms with Crippen molar-refractivity contribution in [3.63, 3.8) is 0 Å². The van der Waals surface area contributed by atoms with E-state index in [1.54, 1.807) is 11.3 Å². The number of H-pyrrole nitrogens is 1. The van der Waals surface area contributed by atoms with Crippen LogP contribution in [0.15, 0.2) is 46.6 Å². The molecule has 0 unspecified atom stereocenters. The first-order valence-electron chi connectivity index (χ1n) is 9.38. The lowest BCUT2D eigenvalue weighted by molar-refractivity contribution is 0.569. The van der Waals surface area contributed by atoms with E-state index in [1.807, 2.05) is 23.6 Å². The van der Waals surface area contributed by atoms with Crippen LogP contribution in [0.25, 0.3) is 21.7 Å². The highest BCUT2D eigenvalue weighted by atomic mass is 32.1. The molecule has 0 aliphatic rings. The molecule has 0 fully saturated rings. The van der Waals surface area contributed by atoms with Crippen LogP contribution >= 0.6 is 11.3 Å². The minimum atomic E-state index is -0.345. The van der Waals surface area contributed by atoms with Gasteiger partial charge in [0.15, 0.2) is 0 Å². The lowest BCUT2D eigenvalue weighted by Gasteiger charge is -2.26. The van der Waals surface area contributed by atoms with Crippen molar-refractivity contribution >= 4 is 11.3 Å². The van der Waals surface area contributed by atoms with E-state index in [1.165, 1.54) is 11.1 Å². The molecule has 0 spiro atoms. The van der Waals surface area contributed by atoms with E-state index in [-0.39, 0.29) is 22.0 Å². The number of thiophene rings is 1. The number of aromatic nitrogens is 1. The average Bonchev–Trinajstić information content (AvgIpc) is 3.13. The highest BCUT2D eigenvalue weighted by Gasteiger charge is 2.22. The fraction of sp³-hybridized carbons (Fsp3) is 0.333. The topological polar surface area (TPSA) is 56.6 Å². The van der Waals surface area contributed by atoms with Crippen molar-refractivity contribution in [3.8, 4) is 27.8 Å². The molecular formula is C24H26N2OS. The van der Waals surface area contributed by atoms with Gasteiger partial charge in [0, 0.05) is 5.56 Å². The van der Waals surface area contributed by atoms with Crippen molar-refractivity contribution in [2.24, 2.45) is 0 Å². The predicted molar refractivity (Wildman–Crippen MR) is 118 cm³/mol. The molecule has 144 valence electrons. The number of benzene rings is 1. The Labute approximate surface area is 170 Å². The van der Waals surface area contributed by atoms with Crippen LogP contribution in [0.1, 0.15) is 58.2 Å². The van der Waals surface area contributed by atoms with E-state index in [9.17, 15) is 10.1 Å². The molecule has 0 saturated heterocycles. The Balaban J connectivity index is 2.34. The molecule has 0 bridgehead atoms. The van der Waals surface area contributed by atoms with Crippen LogP contribution in [-0.2, 0) is 10.8 Å². The Morgan fingerprint density at radius 3 is 2.04 bits per heavy atom. The highest BCUT2D eigenvalue weighted by Crippen LogP contribution is 2.35. The standard InChI is InChI=1S/C24H26N2OS/c1-23(2,3)16-10-15(11-17(12-16)24(4,5)6)18-13-20(21-8-7-9-28-21)26-22(27)19(18)14-25/h7-13H,1-6H3,(H,26,27). The van der Waals surface area contributed by atoms with E-state index in [2.05, 4.69) is 70.8 Å². The summed E-state index contributed by atoms with van der Waals surface area (Å²) in [4.78, 5) is 16.5. The molecule has 2 heterocycles. The SMILES string of the molecule is CC(C)(C)c1cc(-c2cc(-c3cccs3)[nH]c(=O)c2C#N)cc(C(C)(C)C)c1. The molecule has 0 aliphatic heterocycles. The van der Waals surface area contributed by atoms with Crippen molar-refractivity contribution in [1.82, 2.24) is 4.98 Å². The van der Waals surface area contributed by atoms with Crippen LogP contribution in [-0.4, -0.2) is 4.98 Å². The van der Waals surface area contributed by atoms with Crippen LogP contribution in [0.3, 0.4) is 0 Å². The Morgan fingerprint density at radius 1 is 0.964 bits per heavy atom. The minimum absolute atomic E-state index is 0.0411. The smallest absolute Gasteiger partial charge is 0.266 e. The predicted octanol–water partition coefficient (Wildman–Crippen LogP) is 6.24. The summed E-state index contributed by atoms with van der Waals surface area (Å²) in [6.07, 6.45) is 0.